The van der Waals surface area contributed by atoms with Crippen molar-refractivity contribution in [3.8, 4) is 16.9 Å². The van der Waals surface area contributed by atoms with Crippen molar-refractivity contribution in [2.24, 2.45) is 0 Å². The number of carbonyl (C=O) groups excluding carboxylic acids is 4. The van der Waals surface area contributed by atoms with Gasteiger partial charge in [-0.3, -0.25) is 14.4 Å². The lowest BCUT2D eigenvalue weighted by atomic mass is 10.0. The Morgan fingerprint density at radius 2 is 1.57 bits per heavy atom. The van der Waals surface area contributed by atoms with Crippen LogP contribution in [0.1, 0.15) is 30.6 Å². The SMILES string of the molecule is CC(=O)Oc1ccc(-c2ccc(C(=O)OCC(=O)N3c4ccccc4NC(=O)CC3C)cc2)cc1. The van der Waals surface area contributed by atoms with Gasteiger partial charge in [0.1, 0.15) is 5.75 Å². The molecule has 4 rings (SSSR count). The molecule has 0 saturated carbocycles. The first kappa shape index (κ1) is 23.7. The first-order valence-electron chi connectivity index (χ1n) is 11.1. The van der Waals surface area contributed by atoms with Crippen molar-refractivity contribution in [1.82, 2.24) is 0 Å². The maximum Gasteiger partial charge on any atom is 0.338 e. The van der Waals surface area contributed by atoms with Gasteiger partial charge in [0.05, 0.1) is 16.9 Å². The zero-order chi connectivity index (χ0) is 24.9. The van der Waals surface area contributed by atoms with Crippen LogP contribution in [-0.4, -0.2) is 36.4 Å². The van der Waals surface area contributed by atoms with Gasteiger partial charge in [0, 0.05) is 19.4 Å². The van der Waals surface area contributed by atoms with Crippen molar-refractivity contribution in [2.75, 3.05) is 16.8 Å². The molecule has 0 fully saturated rings. The third kappa shape index (κ3) is 5.55. The van der Waals surface area contributed by atoms with E-state index in [2.05, 4.69) is 5.32 Å². The average Bonchev–Trinajstić information content (AvgIpc) is 2.96. The number of amides is 2. The van der Waals surface area contributed by atoms with E-state index in [1.54, 1.807) is 67.6 Å². The van der Waals surface area contributed by atoms with Gasteiger partial charge in [0.15, 0.2) is 6.61 Å². The molecule has 0 saturated heterocycles. The molecule has 0 aliphatic carbocycles. The Balaban J connectivity index is 1.41. The van der Waals surface area contributed by atoms with E-state index in [1.807, 2.05) is 12.1 Å². The highest BCUT2D eigenvalue weighted by atomic mass is 16.5. The predicted molar refractivity (Wildman–Crippen MR) is 130 cm³/mol. The Hall–Kier alpha value is -4.46. The molecule has 3 aromatic carbocycles. The molecule has 1 unspecified atom stereocenters. The Labute approximate surface area is 202 Å². The molecule has 1 N–H and O–H groups in total. The molecule has 3 aromatic rings. The minimum Gasteiger partial charge on any atom is -0.452 e. The number of nitrogens with zero attached hydrogens (tertiary/aromatic N) is 1. The lowest BCUT2D eigenvalue weighted by molar-refractivity contribution is -0.132. The quantitative estimate of drug-likeness (QED) is 0.441. The number of rotatable bonds is 5. The van der Waals surface area contributed by atoms with E-state index < -0.39 is 30.5 Å². The third-order valence-corrected chi connectivity index (χ3v) is 5.52. The summed E-state index contributed by atoms with van der Waals surface area (Å²) in [5.41, 5.74) is 3.15. The Kier molecular flexibility index (Phi) is 6.91. The minimum atomic E-state index is -0.625. The van der Waals surface area contributed by atoms with Crippen molar-refractivity contribution in [3.05, 3.63) is 78.4 Å². The molecule has 1 aliphatic heterocycles. The highest BCUT2D eigenvalue weighted by Crippen LogP contribution is 2.31. The van der Waals surface area contributed by atoms with Crippen LogP contribution >= 0.6 is 0 Å². The lowest BCUT2D eigenvalue weighted by Crippen LogP contribution is -2.41. The molecule has 1 aliphatic rings. The van der Waals surface area contributed by atoms with E-state index in [4.69, 9.17) is 9.47 Å². The van der Waals surface area contributed by atoms with E-state index >= 15 is 0 Å². The van der Waals surface area contributed by atoms with Crippen molar-refractivity contribution in [2.45, 2.75) is 26.3 Å². The monoisotopic (exact) mass is 472 g/mol. The van der Waals surface area contributed by atoms with Gasteiger partial charge in [0.25, 0.3) is 5.91 Å². The van der Waals surface area contributed by atoms with Gasteiger partial charge >= 0.3 is 11.9 Å². The molecule has 0 aromatic heterocycles. The summed E-state index contributed by atoms with van der Waals surface area (Å²) >= 11 is 0. The minimum absolute atomic E-state index is 0.137. The van der Waals surface area contributed by atoms with Crippen LogP contribution in [0, 0.1) is 0 Å². The highest BCUT2D eigenvalue weighted by Gasteiger charge is 2.30. The number of esters is 2. The highest BCUT2D eigenvalue weighted by molar-refractivity contribution is 6.05. The Morgan fingerprint density at radius 3 is 2.23 bits per heavy atom. The summed E-state index contributed by atoms with van der Waals surface area (Å²) in [7, 11) is 0. The first-order chi connectivity index (χ1) is 16.8. The van der Waals surface area contributed by atoms with Crippen molar-refractivity contribution < 1.29 is 28.7 Å². The Morgan fingerprint density at radius 1 is 0.943 bits per heavy atom. The van der Waals surface area contributed by atoms with Crippen LogP contribution < -0.4 is 15.0 Å². The first-order valence-corrected chi connectivity index (χ1v) is 11.1. The number of hydrogen-bond acceptors (Lipinski definition) is 6. The lowest BCUT2D eigenvalue weighted by Gasteiger charge is -2.27. The molecule has 1 atom stereocenters. The number of fused-ring (bicyclic) bond motifs is 1. The van der Waals surface area contributed by atoms with Crippen molar-refractivity contribution in [3.63, 3.8) is 0 Å². The second kappa shape index (κ2) is 10.2. The molecule has 0 bridgehead atoms. The van der Waals surface area contributed by atoms with Crippen LogP contribution in [0.15, 0.2) is 72.8 Å². The van der Waals surface area contributed by atoms with Crippen LogP contribution in [0.3, 0.4) is 0 Å². The number of hydrogen-bond donors (Lipinski definition) is 1. The largest absolute Gasteiger partial charge is 0.452 e. The number of carbonyl (C=O) groups is 4. The fourth-order valence-corrected chi connectivity index (χ4v) is 3.93. The van der Waals surface area contributed by atoms with E-state index in [0.717, 1.165) is 11.1 Å². The third-order valence-electron chi connectivity index (χ3n) is 5.52. The topological polar surface area (TPSA) is 102 Å². The summed E-state index contributed by atoms with van der Waals surface area (Å²) in [5.74, 6) is -1.16. The van der Waals surface area contributed by atoms with Crippen LogP contribution in [0.5, 0.6) is 5.75 Å². The van der Waals surface area contributed by atoms with Gasteiger partial charge in [-0.2, -0.15) is 0 Å². The van der Waals surface area contributed by atoms with Gasteiger partial charge in [-0.1, -0.05) is 36.4 Å². The van der Waals surface area contributed by atoms with Crippen LogP contribution in [-0.2, 0) is 19.1 Å². The number of benzene rings is 3. The average molecular weight is 472 g/mol. The smallest absolute Gasteiger partial charge is 0.338 e. The van der Waals surface area contributed by atoms with Gasteiger partial charge < -0.3 is 19.7 Å². The maximum atomic E-state index is 13.0. The Bertz CT molecular complexity index is 1270. The summed E-state index contributed by atoms with van der Waals surface area (Å²) in [6, 6.07) is 20.4. The molecule has 8 nitrogen and oxygen atoms in total. The number of para-hydroxylation sites is 2. The second-order valence-corrected chi connectivity index (χ2v) is 8.15. The fourth-order valence-electron chi connectivity index (χ4n) is 3.93. The summed E-state index contributed by atoms with van der Waals surface area (Å²) < 4.78 is 10.3. The van der Waals surface area contributed by atoms with Gasteiger partial charge in [-0.05, 0) is 54.4 Å². The predicted octanol–water partition coefficient (Wildman–Crippen LogP) is 4.20. The van der Waals surface area contributed by atoms with E-state index in [0.29, 0.717) is 22.7 Å². The van der Waals surface area contributed by atoms with Crippen LogP contribution in [0.4, 0.5) is 11.4 Å². The summed E-state index contributed by atoms with van der Waals surface area (Å²) in [6.45, 7) is 2.66. The van der Waals surface area contributed by atoms with Gasteiger partial charge in [0.2, 0.25) is 5.91 Å². The molecular weight excluding hydrogens is 448 g/mol. The molecule has 8 heteroatoms. The number of anilines is 2. The van der Waals surface area contributed by atoms with E-state index in [9.17, 15) is 19.2 Å². The molecule has 0 spiro atoms. The molecular formula is C27H24N2O6. The molecule has 178 valence electrons. The maximum absolute atomic E-state index is 13.0. The van der Waals surface area contributed by atoms with E-state index in [1.165, 1.54) is 11.8 Å². The zero-order valence-electron chi connectivity index (χ0n) is 19.3. The fraction of sp³-hybridized carbons (Fsp3) is 0.185. The van der Waals surface area contributed by atoms with Gasteiger partial charge in [-0.15, -0.1) is 0 Å². The summed E-state index contributed by atoms with van der Waals surface area (Å²) in [5, 5.41) is 2.80. The standard InChI is InChI=1S/C27H24N2O6/c1-17-15-25(31)28-23-5-3-4-6-24(23)29(17)26(32)16-34-27(33)21-9-7-19(8-10-21)20-11-13-22(14-12-20)35-18(2)30/h3-14,17H,15-16H2,1-2H3,(H,28,31). The molecule has 1 heterocycles. The normalized spacial score (nSPS) is 14.9. The summed E-state index contributed by atoms with van der Waals surface area (Å²) in [6.07, 6.45) is 0.137. The van der Waals surface area contributed by atoms with Crippen molar-refractivity contribution in [1.29, 1.82) is 0 Å². The van der Waals surface area contributed by atoms with Crippen molar-refractivity contribution >= 4 is 35.1 Å². The summed E-state index contributed by atoms with van der Waals surface area (Å²) in [4.78, 5) is 50.2. The number of ether oxygens (including phenoxy) is 2. The van der Waals surface area contributed by atoms with Gasteiger partial charge in [-0.25, -0.2) is 4.79 Å². The second-order valence-electron chi connectivity index (χ2n) is 8.15. The zero-order valence-corrected chi connectivity index (χ0v) is 19.3. The van der Waals surface area contributed by atoms with Crippen LogP contribution in [0.25, 0.3) is 11.1 Å². The van der Waals surface area contributed by atoms with Crippen LogP contribution in [0.2, 0.25) is 0 Å². The molecule has 0 radical (unpaired) electrons. The molecule has 2 amide bonds. The molecule has 35 heavy (non-hydrogen) atoms. The van der Waals surface area contributed by atoms with E-state index in [-0.39, 0.29) is 12.3 Å². The number of nitrogens with one attached hydrogen (secondary N) is 1.